The van der Waals surface area contributed by atoms with Gasteiger partial charge in [-0.15, -0.1) is 0 Å². The molecule has 1 unspecified atom stereocenters. The molecule has 0 spiro atoms. The Bertz CT molecular complexity index is 620. The molecule has 0 aromatic heterocycles. The van der Waals surface area contributed by atoms with Crippen molar-refractivity contribution in [2.45, 2.75) is 12.5 Å². The quantitative estimate of drug-likeness (QED) is 0.880. The number of carbonyl (C=O) groups is 1. The molecule has 1 aliphatic rings. The zero-order valence-electron chi connectivity index (χ0n) is 11.6. The molecule has 0 radical (unpaired) electrons. The van der Waals surface area contributed by atoms with Crippen LogP contribution >= 0.6 is 0 Å². The zero-order valence-corrected chi connectivity index (χ0v) is 11.6. The molecule has 104 valence electrons. The van der Waals surface area contributed by atoms with Crippen molar-refractivity contribution >= 4 is 22.5 Å². The van der Waals surface area contributed by atoms with E-state index in [1.165, 1.54) is 5.39 Å². The van der Waals surface area contributed by atoms with Gasteiger partial charge in [0.1, 0.15) is 0 Å². The number of hydrogen-bond donors (Lipinski definition) is 2. The standard InChI is InChI=1S/C16H19N3O/c1-19(15-8-9-17-11-15)16(20)18-14-7-6-12-4-2-3-5-13(12)10-14/h2-7,10,15,17H,8-9,11H2,1H3,(H,18,20). The second kappa shape index (κ2) is 5.51. The lowest BCUT2D eigenvalue weighted by Crippen LogP contribution is -2.40. The molecule has 2 amide bonds. The van der Waals surface area contributed by atoms with E-state index in [1.54, 1.807) is 4.90 Å². The van der Waals surface area contributed by atoms with E-state index in [9.17, 15) is 4.79 Å². The van der Waals surface area contributed by atoms with Crippen molar-refractivity contribution in [3.05, 3.63) is 42.5 Å². The van der Waals surface area contributed by atoms with Crippen LogP contribution in [0.25, 0.3) is 10.8 Å². The van der Waals surface area contributed by atoms with Gasteiger partial charge in [0.2, 0.25) is 0 Å². The number of hydrogen-bond acceptors (Lipinski definition) is 2. The number of anilines is 1. The highest BCUT2D eigenvalue weighted by molar-refractivity contribution is 5.93. The molecular formula is C16H19N3O. The Morgan fingerprint density at radius 3 is 2.80 bits per heavy atom. The molecular weight excluding hydrogens is 250 g/mol. The van der Waals surface area contributed by atoms with Gasteiger partial charge in [-0.25, -0.2) is 4.79 Å². The van der Waals surface area contributed by atoms with Gasteiger partial charge in [-0.3, -0.25) is 0 Å². The Hall–Kier alpha value is -2.07. The third-order valence-electron chi connectivity index (χ3n) is 3.90. The summed E-state index contributed by atoms with van der Waals surface area (Å²) in [6.45, 7) is 1.86. The van der Waals surface area contributed by atoms with E-state index < -0.39 is 0 Å². The molecule has 4 nitrogen and oxygen atoms in total. The molecule has 1 heterocycles. The second-order valence-corrected chi connectivity index (χ2v) is 5.25. The number of carbonyl (C=O) groups excluding carboxylic acids is 1. The molecule has 2 N–H and O–H groups in total. The third kappa shape index (κ3) is 2.60. The fourth-order valence-electron chi connectivity index (χ4n) is 2.61. The highest BCUT2D eigenvalue weighted by atomic mass is 16.2. The maximum Gasteiger partial charge on any atom is 0.321 e. The average molecular weight is 269 g/mol. The zero-order chi connectivity index (χ0) is 13.9. The van der Waals surface area contributed by atoms with Crippen molar-refractivity contribution in [1.82, 2.24) is 10.2 Å². The number of amides is 2. The summed E-state index contributed by atoms with van der Waals surface area (Å²) in [5.41, 5.74) is 0.839. The summed E-state index contributed by atoms with van der Waals surface area (Å²) in [7, 11) is 1.86. The van der Waals surface area contributed by atoms with Gasteiger partial charge in [-0.05, 0) is 35.9 Å². The lowest BCUT2D eigenvalue weighted by molar-refractivity contribution is 0.208. The molecule has 1 atom stereocenters. The predicted octanol–water partition coefficient (Wildman–Crippen LogP) is 2.67. The molecule has 1 saturated heterocycles. The minimum absolute atomic E-state index is 0.0472. The number of nitrogens with one attached hydrogen (secondary N) is 2. The minimum Gasteiger partial charge on any atom is -0.323 e. The first-order chi connectivity index (χ1) is 9.74. The Labute approximate surface area is 118 Å². The highest BCUT2D eigenvalue weighted by Gasteiger charge is 2.23. The smallest absolute Gasteiger partial charge is 0.321 e. The molecule has 4 heteroatoms. The normalized spacial score (nSPS) is 18.1. The van der Waals surface area contributed by atoms with Gasteiger partial charge < -0.3 is 15.5 Å². The summed E-state index contributed by atoms with van der Waals surface area (Å²) in [5.74, 6) is 0. The van der Waals surface area contributed by atoms with Crippen LogP contribution in [0.5, 0.6) is 0 Å². The van der Waals surface area contributed by atoms with Crippen LogP contribution in [0, 0.1) is 0 Å². The summed E-state index contributed by atoms with van der Waals surface area (Å²) >= 11 is 0. The summed E-state index contributed by atoms with van der Waals surface area (Å²) in [5, 5.41) is 8.56. The van der Waals surface area contributed by atoms with Gasteiger partial charge in [0, 0.05) is 25.3 Å². The van der Waals surface area contributed by atoms with E-state index in [0.29, 0.717) is 0 Å². The van der Waals surface area contributed by atoms with E-state index in [0.717, 1.165) is 30.6 Å². The van der Waals surface area contributed by atoms with Crippen molar-refractivity contribution in [3.8, 4) is 0 Å². The SMILES string of the molecule is CN(C(=O)Nc1ccc2ccccc2c1)C1CCNC1. The van der Waals surface area contributed by atoms with E-state index in [2.05, 4.69) is 22.8 Å². The summed E-state index contributed by atoms with van der Waals surface area (Å²) < 4.78 is 0. The predicted molar refractivity (Wildman–Crippen MR) is 82.0 cm³/mol. The molecule has 2 aromatic carbocycles. The van der Waals surface area contributed by atoms with Crippen molar-refractivity contribution in [1.29, 1.82) is 0 Å². The first kappa shape index (κ1) is 12.9. The monoisotopic (exact) mass is 269 g/mol. The molecule has 20 heavy (non-hydrogen) atoms. The summed E-state index contributed by atoms with van der Waals surface area (Å²) in [6, 6.07) is 14.4. The maximum absolute atomic E-state index is 12.2. The largest absolute Gasteiger partial charge is 0.323 e. The fourth-order valence-corrected chi connectivity index (χ4v) is 2.61. The Balaban J connectivity index is 1.73. The van der Waals surface area contributed by atoms with Crippen LogP contribution in [0.4, 0.5) is 10.5 Å². The van der Waals surface area contributed by atoms with Crippen molar-refractivity contribution in [2.24, 2.45) is 0 Å². The topological polar surface area (TPSA) is 44.4 Å². The molecule has 1 aliphatic heterocycles. The second-order valence-electron chi connectivity index (χ2n) is 5.25. The van der Waals surface area contributed by atoms with Gasteiger partial charge in [0.25, 0.3) is 0 Å². The number of likely N-dealkylation sites (N-methyl/N-ethyl adjacent to an activating group) is 1. The fraction of sp³-hybridized carbons (Fsp3) is 0.312. The van der Waals surface area contributed by atoms with Gasteiger partial charge >= 0.3 is 6.03 Å². The number of rotatable bonds is 2. The molecule has 0 aliphatic carbocycles. The third-order valence-corrected chi connectivity index (χ3v) is 3.90. The Kier molecular flexibility index (Phi) is 3.56. The lowest BCUT2D eigenvalue weighted by atomic mass is 10.1. The van der Waals surface area contributed by atoms with Gasteiger partial charge in [0.05, 0.1) is 0 Å². The van der Waals surface area contributed by atoms with Crippen molar-refractivity contribution in [3.63, 3.8) is 0 Å². The summed E-state index contributed by atoms with van der Waals surface area (Å²) in [6.07, 6.45) is 1.02. The van der Waals surface area contributed by atoms with Gasteiger partial charge in [-0.1, -0.05) is 30.3 Å². The average Bonchev–Trinajstić information content (AvgIpc) is 3.00. The maximum atomic E-state index is 12.2. The highest BCUT2D eigenvalue weighted by Crippen LogP contribution is 2.19. The van der Waals surface area contributed by atoms with Crippen LogP contribution in [0.1, 0.15) is 6.42 Å². The van der Waals surface area contributed by atoms with Crippen molar-refractivity contribution < 1.29 is 4.79 Å². The van der Waals surface area contributed by atoms with Crippen LogP contribution in [0.2, 0.25) is 0 Å². The first-order valence-corrected chi connectivity index (χ1v) is 6.97. The molecule has 3 rings (SSSR count). The molecule has 1 fully saturated rings. The van der Waals surface area contributed by atoms with Crippen LogP contribution in [-0.4, -0.2) is 37.1 Å². The first-order valence-electron chi connectivity index (χ1n) is 6.97. The Morgan fingerprint density at radius 2 is 2.05 bits per heavy atom. The molecule has 0 saturated carbocycles. The number of urea groups is 1. The van der Waals surface area contributed by atoms with E-state index in [-0.39, 0.29) is 12.1 Å². The number of nitrogens with zero attached hydrogens (tertiary/aromatic N) is 1. The number of fused-ring (bicyclic) bond motifs is 1. The summed E-state index contributed by atoms with van der Waals surface area (Å²) in [4.78, 5) is 14.0. The van der Waals surface area contributed by atoms with Crippen LogP contribution in [0.15, 0.2) is 42.5 Å². The van der Waals surface area contributed by atoms with Gasteiger partial charge in [-0.2, -0.15) is 0 Å². The van der Waals surface area contributed by atoms with Gasteiger partial charge in [0.15, 0.2) is 0 Å². The van der Waals surface area contributed by atoms with E-state index >= 15 is 0 Å². The van der Waals surface area contributed by atoms with Crippen molar-refractivity contribution in [2.75, 3.05) is 25.5 Å². The van der Waals surface area contributed by atoms with Crippen LogP contribution in [-0.2, 0) is 0 Å². The number of benzene rings is 2. The van der Waals surface area contributed by atoms with E-state index in [4.69, 9.17) is 0 Å². The van der Waals surface area contributed by atoms with Crippen LogP contribution < -0.4 is 10.6 Å². The lowest BCUT2D eigenvalue weighted by Gasteiger charge is -2.24. The van der Waals surface area contributed by atoms with Crippen LogP contribution in [0.3, 0.4) is 0 Å². The molecule has 2 aromatic rings. The minimum atomic E-state index is -0.0472. The molecule has 0 bridgehead atoms. The Morgan fingerprint density at radius 1 is 1.25 bits per heavy atom. The van der Waals surface area contributed by atoms with E-state index in [1.807, 2.05) is 37.4 Å².